The summed E-state index contributed by atoms with van der Waals surface area (Å²) in [5.41, 5.74) is 3.79. The molecule has 0 aliphatic carbocycles. The van der Waals surface area contributed by atoms with Crippen LogP contribution >= 0.6 is 0 Å². The van der Waals surface area contributed by atoms with Crippen LogP contribution in [0.1, 0.15) is 13.8 Å². The van der Waals surface area contributed by atoms with Crippen molar-refractivity contribution in [2.45, 2.75) is 13.8 Å². The Kier molecular flexibility index (Phi) is 10.2. The van der Waals surface area contributed by atoms with E-state index in [-0.39, 0.29) is 5.75 Å². The maximum absolute atomic E-state index is 13.4. The standard InChI is InChI=1S/C17H11F2NO2.C17H13NO2.C2H6/c18-12-5-1-3-10(7-12)14-9-15(21)17(22)20-16(14)11-4-2-6-13(19)8-11;19-15-11-14(12-7-3-1-4-8-12)16(18-17(15)20)13-9-5-2-6-10-13;1-2/h1-9,21H,(H,20,22);1-11,19H,(H,18,20);1-2H3. The molecule has 6 aromatic rings. The zero-order chi connectivity index (χ0) is 31.6. The highest BCUT2D eigenvalue weighted by Crippen LogP contribution is 2.32. The molecule has 4 N–H and O–H groups in total. The van der Waals surface area contributed by atoms with Crippen LogP contribution in [0.15, 0.2) is 131 Å². The molecule has 6 rings (SSSR count). The van der Waals surface area contributed by atoms with Crippen molar-refractivity contribution in [2.75, 3.05) is 0 Å². The number of pyridine rings is 2. The van der Waals surface area contributed by atoms with Gasteiger partial charge in [-0.3, -0.25) is 9.59 Å². The van der Waals surface area contributed by atoms with Gasteiger partial charge in [0.25, 0.3) is 11.1 Å². The molecular weight excluding hydrogens is 562 g/mol. The van der Waals surface area contributed by atoms with Gasteiger partial charge in [0.15, 0.2) is 11.5 Å². The molecule has 2 heterocycles. The summed E-state index contributed by atoms with van der Waals surface area (Å²) < 4.78 is 26.9. The Hall–Kier alpha value is -5.76. The first-order chi connectivity index (χ1) is 21.3. The van der Waals surface area contributed by atoms with E-state index in [9.17, 15) is 28.6 Å². The van der Waals surface area contributed by atoms with Gasteiger partial charge in [-0.2, -0.15) is 0 Å². The molecule has 0 fully saturated rings. The summed E-state index contributed by atoms with van der Waals surface area (Å²) in [6.45, 7) is 4.00. The first-order valence-electron chi connectivity index (χ1n) is 13.9. The summed E-state index contributed by atoms with van der Waals surface area (Å²) in [5, 5.41) is 19.3. The van der Waals surface area contributed by atoms with Crippen molar-refractivity contribution in [3.05, 3.63) is 154 Å². The molecule has 0 aliphatic heterocycles. The lowest BCUT2D eigenvalue weighted by Gasteiger charge is -2.11. The Morgan fingerprint density at radius 3 is 1.36 bits per heavy atom. The Bertz CT molecular complexity index is 1970. The predicted molar refractivity (Wildman–Crippen MR) is 170 cm³/mol. The monoisotopic (exact) mass is 592 g/mol. The molecule has 8 heteroatoms. The van der Waals surface area contributed by atoms with Crippen LogP contribution in [0.3, 0.4) is 0 Å². The van der Waals surface area contributed by atoms with Crippen molar-refractivity contribution in [2.24, 2.45) is 0 Å². The first kappa shape index (κ1) is 31.2. The average molecular weight is 593 g/mol. The van der Waals surface area contributed by atoms with Crippen molar-refractivity contribution < 1.29 is 19.0 Å². The van der Waals surface area contributed by atoms with Crippen LogP contribution < -0.4 is 11.1 Å². The van der Waals surface area contributed by atoms with E-state index >= 15 is 0 Å². The maximum Gasteiger partial charge on any atom is 0.290 e. The molecular formula is C36H30F2N2O4. The number of benzene rings is 4. The third-order valence-corrected chi connectivity index (χ3v) is 6.44. The molecule has 0 amide bonds. The third kappa shape index (κ3) is 7.35. The lowest BCUT2D eigenvalue weighted by Crippen LogP contribution is -2.07. The van der Waals surface area contributed by atoms with Crippen LogP contribution in [0, 0.1) is 11.6 Å². The summed E-state index contributed by atoms with van der Waals surface area (Å²) in [4.78, 5) is 28.6. The molecule has 44 heavy (non-hydrogen) atoms. The van der Waals surface area contributed by atoms with Gasteiger partial charge in [-0.15, -0.1) is 0 Å². The van der Waals surface area contributed by atoms with Crippen LogP contribution in [-0.4, -0.2) is 20.2 Å². The number of halogens is 2. The van der Waals surface area contributed by atoms with Gasteiger partial charge in [-0.05, 0) is 53.1 Å². The molecule has 4 aromatic carbocycles. The van der Waals surface area contributed by atoms with E-state index in [1.54, 1.807) is 12.1 Å². The van der Waals surface area contributed by atoms with E-state index in [1.165, 1.54) is 48.5 Å². The molecule has 0 bridgehead atoms. The molecule has 0 unspecified atom stereocenters. The molecule has 0 saturated heterocycles. The highest BCUT2D eigenvalue weighted by atomic mass is 19.1. The number of H-pyrrole nitrogens is 2. The number of nitrogens with one attached hydrogen (secondary N) is 2. The number of rotatable bonds is 4. The second-order valence-electron chi connectivity index (χ2n) is 9.30. The number of hydrogen-bond acceptors (Lipinski definition) is 4. The third-order valence-electron chi connectivity index (χ3n) is 6.44. The fourth-order valence-corrected chi connectivity index (χ4v) is 4.47. The molecule has 0 atom stereocenters. The van der Waals surface area contributed by atoms with E-state index in [1.807, 2.05) is 74.5 Å². The minimum atomic E-state index is -0.695. The van der Waals surface area contributed by atoms with Crippen molar-refractivity contribution in [3.63, 3.8) is 0 Å². The van der Waals surface area contributed by atoms with Crippen LogP contribution in [0.4, 0.5) is 8.78 Å². The quantitative estimate of drug-likeness (QED) is 0.166. The zero-order valence-electron chi connectivity index (χ0n) is 24.0. The number of hydrogen-bond donors (Lipinski definition) is 4. The van der Waals surface area contributed by atoms with Crippen LogP contribution in [0.2, 0.25) is 0 Å². The molecule has 0 saturated carbocycles. The Morgan fingerprint density at radius 2 is 0.864 bits per heavy atom. The van der Waals surface area contributed by atoms with E-state index < -0.39 is 28.5 Å². The lowest BCUT2D eigenvalue weighted by molar-refractivity contribution is 0.466. The molecule has 0 aliphatic rings. The van der Waals surface area contributed by atoms with Gasteiger partial charge in [-0.1, -0.05) is 98.8 Å². The van der Waals surface area contributed by atoms with Crippen LogP contribution in [0.25, 0.3) is 44.8 Å². The SMILES string of the molecule is CC.O=c1[nH]c(-c2cccc(F)c2)c(-c2cccc(F)c2)cc1O.O=c1[nH]c(-c2ccccc2)c(-c2ccccc2)cc1O. The minimum absolute atomic E-state index is 0.275. The smallest absolute Gasteiger partial charge is 0.290 e. The summed E-state index contributed by atoms with van der Waals surface area (Å²) in [7, 11) is 0. The van der Waals surface area contributed by atoms with Gasteiger partial charge in [0.1, 0.15) is 11.6 Å². The highest BCUT2D eigenvalue weighted by Gasteiger charge is 2.14. The molecule has 222 valence electrons. The number of aromatic hydroxyl groups is 2. The predicted octanol–water partition coefficient (Wildman–Crippen LogP) is 8.13. The van der Waals surface area contributed by atoms with Crippen molar-refractivity contribution in [1.29, 1.82) is 0 Å². The number of aromatic nitrogens is 2. The second-order valence-corrected chi connectivity index (χ2v) is 9.30. The fraction of sp³-hybridized carbons (Fsp3) is 0.0556. The maximum atomic E-state index is 13.4. The van der Waals surface area contributed by atoms with Crippen molar-refractivity contribution >= 4 is 0 Å². The van der Waals surface area contributed by atoms with Gasteiger partial charge in [0.2, 0.25) is 0 Å². The van der Waals surface area contributed by atoms with E-state index in [0.29, 0.717) is 28.1 Å². The van der Waals surface area contributed by atoms with Gasteiger partial charge in [-0.25, -0.2) is 8.78 Å². The Labute approximate surface area is 252 Å². The molecule has 0 radical (unpaired) electrons. The minimum Gasteiger partial charge on any atom is -0.503 e. The molecule has 6 nitrogen and oxygen atoms in total. The first-order valence-corrected chi connectivity index (χ1v) is 13.9. The Morgan fingerprint density at radius 1 is 0.477 bits per heavy atom. The summed E-state index contributed by atoms with van der Waals surface area (Å²) in [5.74, 6) is -1.67. The summed E-state index contributed by atoms with van der Waals surface area (Å²) in [6, 6.07) is 33.4. The van der Waals surface area contributed by atoms with Crippen LogP contribution in [-0.2, 0) is 0 Å². The summed E-state index contributed by atoms with van der Waals surface area (Å²) in [6.07, 6.45) is 0. The largest absolute Gasteiger partial charge is 0.503 e. The zero-order valence-corrected chi connectivity index (χ0v) is 24.0. The number of aromatic amines is 2. The Balaban J connectivity index is 0.000000191. The van der Waals surface area contributed by atoms with Gasteiger partial charge >= 0.3 is 0 Å². The summed E-state index contributed by atoms with van der Waals surface area (Å²) >= 11 is 0. The van der Waals surface area contributed by atoms with Crippen molar-refractivity contribution in [1.82, 2.24) is 9.97 Å². The lowest BCUT2D eigenvalue weighted by atomic mass is 9.99. The average Bonchev–Trinajstić information content (AvgIpc) is 3.05. The van der Waals surface area contributed by atoms with E-state index in [4.69, 9.17) is 0 Å². The normalized spacial score (nSPS) is 10.2. The highest BCUT2D eigenvalue weighted by molar-refractivity contribution is 5.82. The molecule has 0 spiro atoms. The van der Waals surface area contributed by atoms with Crippen molar-refractivity contribution in [3.8, 4) is 56.3 Å². The van der Waals surface area contributed by atoms with Gasteiger partial charge in [0, 0.05) is 16.7 Å². The van der Waals surface area contributed by atoms with E-state index in [2.05, 4.69) is 9.97 Å². The van der Waals surface area contributed by atoms with E-state index in [0.717, 1.165) is 16.7 Å². The van der Waals surface area contributed by atoms with Crippen LogP contribution in [0.5, 0.6) is 11.5 Å². The fourth-order valence-electron chi connectivity index (χ4n) is 4.47. The topological polar surface area (TPSA) is 106 Å². The van der Waals surface area contributed by atoms with Gasteiger partial charge in [0.05, 0.1) is 11.4 Å². The molecule has 2 aromatic heterocycles. The second kappa shape index (κ2) is 14.4. The van der Waals surface area contributed by atoms with Gasteiger partial charge < -0.3 is 20.2 Å².